The molecule has 0 aliphatic carbocycles. The number of hydrogen-bond donors (Lipinski definition) is 1. The molecule has 0 atom stereocenters. The zero-order valence-electron chi connectivity index (χ0n) is 10.9. The average molecular weight is 333 g/mol. The minimum atomic E-state index is -3.63. The van der Waals surface area contributed by atoms with Crippen LogP contribution in [0.5, 0.6) is 5.75 Å². The second kappa shape index (κ2) is 6.09. The third-order valence-electron chi connectivity index (χ3n) is 2.62. The van der Waals surface area contributed by atoms with Gasteiger partial charge in [-0.1, -0.05) is 41.1 Å². The zero-order chi connectivity index (χ0) is 14.8. The van der Waals surface area contributed by atoms with Gasteiger partial charge in [0.1, 0.15) is 5.75 Å². The molecule has 20 heavy (non-hydrogen) atoms. The highest BCUT2D eigenvalue weighted by Crippen LogP contribution is 2.27. The topological polar surface area (TPSA) is 68.3 Å². The van der Waals surface area contributed by atoms with E-state index in [4.69, 9.17) is 16.3 Å². The average Bonchev–Trinajstić information content (AvgIpc) is 2.76. The minimum Gasteiger partial charge on any atom is -0.496 e. The maximum Gasteiger partial charge on any atom is 0.252 e. The largest absolute Gasteiger partial charge is 0.496 e. The molecule has 1 heterocycles. The van der Waals surface area contributed by atoms with Gasteiger partial charge in [0.2, 0.25) is 0 Å². The van der Waals surface area contributed by atoms with Crippen LogP contribution in [0.4, 0.5) is 0 Å². The normalized spacial score (nSPS) is 11.6. The summed E-state index contributed by atoms with van der Waals surface area (Å²) in [6.45, 7) is 1.75. The van der Waals surface area contributed by atoms with Crippen LogP contribution >= 0.6 is 22.9 Å². The molecule has 0 aliphatic heterocycles. The van der Waals surface area contributed by atoms with Gasteiger partial charge in [0.05, 0.1) is 12.8 Å². The smallest absolute Gasteiger partial charge is 0.252 e. The number of nitrogens with zero attached hydrogens (tertiary/aromatic N) is 1. The zero-order valence-corrected chi connectivity index (χ0v) is 13.3. The highest BCUT2D eigenvalue weighted by atomic mass is 35.5. The Bertz CT molecular complexity index is 713. The van der Waals surface area contributed by atoms with Gasteiger partial charge in [0, 0.05) is 12.1 Å². The molecule has 0 radical (unpaired) electrons. The van der Waals surface area contributed by atoms with Crippen molar-refractivity contribution in [3.63, 3.8) is 0 Å². The number of nitrogens with one attached hydrogen (secondary N) is 1. The standard InChI is InChI=1S/C12H13ClN2O3S2/c1-8-11(19-12(13)15-8)20(16,17)14-7-9-5-3-4-6-10(9)18-2/h3-6,14H,7H2,1-2H3. The van der Waals surface area contributed by atoms with E-state index in [-0.39, 0.29) is 15.2 Å². The van der Waals surface area contributed by atoms with Gasteiger partial charge in [-0.3, -0.25) is 0 Å². The van der Waals surface area contributed by atoms with Crippen molar-refractivity contribution in [1.82, 2.24) is 9.71 Å². The molecule has 0 bridgehead atoms. The second-order valence-corrected chi connectivity index (χ2v) is 7.52. The predicted molar refractivity (Wildman–Crippen MR) is 78.9 cm³/mol. The van der Waals surface area contributed by atoms with Crippen LogP contribution in [0.15, 0.2) is 28.5 Å². The lowest BCUT2D eigenvalue weighted by Crippen LogP contribution is -2.23. The van der Waals surface area contributed by atoms with Gasteiger partial charge < -0.3 is 4.74 Å². The fraction of sp³-hybridized carbons (Fsp3) is 0.250. The summed E-state index contributed by atoms with van der Waals surface area (Å²) in [7, 11) is -2.09. The summed E-state index contributed by atoms with van der Waals surface area (Å²) >= 11 is 6.67. The molecule has 2 aromatic rings. The minimum absolute atomic E-state index is 0.136. The molecule has 0 spiro atoms. The van der Waals surface area contributed by atoms with E-state index in [2.05, 4.69) is 9.71 Å². The van der Waals surface area contributed by atoms with Gasteiger partial charge in [-0.25, -0.2) is 18.1 Å². The van der Waals surface area contributed by atoms with E-state index in [1.807, 2.05) is 12.1 Å². The van der Waals surface area contributed by atoms with Crippen molar-refractivity contribution in [3.05, 3.63) is 40.0 Å². The SMILES string of the molecule is COc1ccccc1CNS(=O)(=O)c1sc(Cl)nc1C. The number of methoxy groups -OCH3 is 1. The van der Waals surface area contributed by atoms with Gasteiger partial charge >= 0.3 is 0 Å². The Morgan fingerprint density at radius 2 is 2.10 bits per heavy atom. The van der Waals surface area contributed by atoms with Gasteiger partial charge in [0.15, 0.2) is 8.68 Å². The van der Waals surface area contributed by atoms with E-state index in [0.717, 1.165) is 16.9 Å². The maximum absolute atomic E-state index is 12.2. The Morgan fingerprint density at radius 3 is 2.70 bits per heavy atom. The lowest BCUT2D eigenvalue weighted by atomic mass is 10.2. The fourth-order valence-corrected chi connectivity index (χ4v) is 4.48. The monoisotopic (exact) mass is 332 g/mol. The summed E-state index contributed by atoms with van der Waals surface area (Å²) in [5, 5.41) is 0. The molecular formula is C12H13ClN2O3S2. The highest BCUT2D eigenvalue weighted by Gasteiger charge is 2.21. The van der Waals surface area contributed by atoms with Crippen LogP contribution < -0.4 is 9.46 Å². The first-order valence-corrected chi connectivity index (χ1v) is 8.36. The van der Waals surface area contributed by atoms with Crippen molar-refractivity contribution in [2.45, 2.75) is 17.7 Å². The second-order valence-electron chi connectivity index (χ2n) is 3.98. The predicted octanol–water partition coefficient (Wildman–Crippen LogP) is 2.59. The summed E-state index contributed by atoms with van der Waals surface area (Å²) in [6.07, 6.45) is 0. The molecular weight excluding hydrogens is 320 g/mol. The molecule has 1 N–H and O–H groups in total. The molecule has 108 valence electrons. The van der Waals surface area contributed by atoms with E-state index >= 15 is 0 Å². The van der Waals surface area contributed by atoms with Gasteiger partial charge in [-0.15, -0.1) is 0 Å². The summed E-state index contributed by atoms with van der Waals surface area (Å²) in [5.74, 6) is 0.634. The molecule has 0 saturated carbocycles. The van der Waals surface area contributed by atoms with Crippen LogP contribution in [0.1, 0.15) is 11.3 Å². The fourth-order valence-electron chi connectivity index (χ4n) is 1.69. The lowest BCUT2D eigenvalue weighted by Gasteiger charge is -2.09. The highest BCUT2D eigenvalue weighted by molar-refractivity contribution is 7.91. The van der Waals surface area contributed by atoms with Crippen LogP contribution in [0.25, 0.3) is 0 Å². The van der Waals surface area contributed by atoms with Crippen molar-refractivity contribution >= 4 is 33.0 Å². The number of aryl methyl sites for hydroxylation is 1. The van der Waals surface area contributed by atoms with Gasteiger partial charge in [-0.05, 0) is 13.0 Å². The van der Waals surface area contributed by atoms with E-state index in [0.29, 0.717) is 11.4 Å². The Morgan fingerprint density at radius 1 is 1.40 bits per heavy atom. The number of benzene rings is 1. The Kier molecular flexibility index (Phi) is 4.64. The number of thiazole rings is 1. The van der Waals surface area contributed by atoms with Crippen LogP contribution in [-0.2, 0) is 16.6 Å². The van der Waals surface area contributed by atoms with Crippen LogP contribution in [0.2, 0.25) is 4.47 Å². The van der Waals surface area contributed by atoms with E-state index < -0.39 is 10.0 Å². The number of para-hydroxylation sites is 1. The first kappa shape index (κ1) is 15.2. The molecule has 0 saturated heterocycles. The number of aromatic nitrogens is 1. The number of halogens is 1. The van der Waals surface area contributed by atoms with Crippen LogP contribution in [0.3, 0.4) is 0 Å². The van der Waals surface area contributed by atoms with E-state index in [1.165, 1.54) is 0 Å². The third kappa shape index (κ3) is 3.29. The molecule has 2 rings (SSSR count). The number of rotatable bonds is 5. The summed E-state index contributed by atoms with van der Waals surface area (Å²) < 4.78 is 32.4. The lowest BCUT2D eigenvalue weighted by molar-refractivity contribution is 0.409. The third-order valence-corrected chi connectivity index (χ3v) is 5.89. The van der Waals surface area contributed by atoms with Crippen molar-refractivity contribution in [2.24, 2.45) is 0 Å². The quantitative estimate of drug-likeness (QED) is 0.913. The van der Waals surface area contributed by atoms with Crippen molar-refractivity contribution < 1.29 is 13.2 Å². The first-order chi connectivity index (χ1) is 9.44. The Hall–Kier alpha value is -1.15. The Labute approximate surface area is 126 Å². The molecule has 1 aromatic carbocycles. The van der Waals surface area contributed by atoms with E-state index in [9.17, 15) is 8.42 Å². The first-order valence-electron chi connectivity index (χ1n) is 5.68. The molecule has 8 heteroatoms. The Balaban J connectivity index is 2.20. The number of sulfonamides is 1. The van der Waals surface area contributed by atoms with Gasteiger partial charge in [0.25, 0.3) is 10.0 Å². The van der Waals surface area contributed by atoms with Crippen molar-refractivity contribution in [2.75, 3.05) is 7.11 Å². The van der Waals surface area contributed by atoms with Crippen LogP contribution in [-0.4, -0.2) is 20.5 Å². The van der Waals surface area contributed by atoms with Gasteiger partial charge in [-0.2, -0.15) is 0 Å². The molecule has 0 fully saturated rings. The number of hydrogen-bond acceptors (Lipinski definition) is 5. The molecule has 1 aromatic heterocycles. The summed E-state index contributed by atoms with van der Waals surface area (Å²) in [6, 6.07) is 7.22. The summed E-state index contributed by atoms with van der Waals surface area (Å²) in [4.78, 5) is 3.91. The van der Waals surface area contributed by atoms with Crippen LogP contribution in [0, 0.1) is 6.92 Å². The maximum atomic E-state index is 12.2. The number of ether oxygens (including phenoxy) is 1. The van der Waals surface area contributed by atoms with Crippen molar-refractivity contribution in [1.29, 1.82) is 0 Å². The van der Waals surface area contributed by atoms with Crippen molar-refractivity contribution in [3.8, 4) is 5.75 Å². The molecule has 0 amide bonds. The molecule has 5 nitrogen and oxygen atoms in total. The van der Waals surface area contributed by atoms with E-state index in [1.54, 1.807) is 26.2 Å². The summed E-state index contributed by atoms with van der Waals surface area (Å²) in [5.41, 5.74) is 1.15. The molecule has 0 aliphatic rings. The molecule has 0 unspecified atom stereocenters.